The van der Waals surface area contributed by atoms with Crippen LogP contribution in [-0.2, 0) is 22.4 Å². The lowest BCUT2D eigenvalue weighted by Gasteiger charge is -2.14. The minimum Gasteiger partial charge on any atom is -0.483 e. The molecule has 29 heavy (non-hydrogen) atoms. The van der Waals surface area contributed by atoms with Gasteiger partial charge in [-0.2, -0.15) is 0 Å². The molecule has 0 saturated heterocycles. The second-order valence-electron chi connectivity index (χ2n) is 7.04. The molecule has 1 amide bonds. The summed E-state index contributed by atoms with van der Waals surface area (Å²) in [5.41, 5.74) is 2.58. The van der Waals surface area contributed by atoms with Gasteiger partial charge in [0.25, 0.3) is 5.91 Å². The Labute approximate surface area is 179 Å². The normalized spacial score (nSPS) is 12.4. The number of amides is 1. The molecule has 8 heteroatoms. The van der Waals surface area contributed by atoms with E-state index in [0.29, 0.717) is 16.3 Å². The van der Waals surface area contributed by atoms with E-state index >= 15 is 0 Å². The van der Waals surface area contributed by atoms with E-state index in [1.54, 1.807) is 0 Å². The molecule has 3 rings (SSSR count). The molecule has 6 nitrogen and oxygen atoms in total. The van der Waals surface area contributed by atoms with E-state index in [1.165, 1.54) is 18.4 Å². The molecule has 0 bridgehead atoms. The fourth-order valence-electron chi connectivity index (χ4n) is 3.34. The number of nitrogens with one attached hydrogen (secondary N) is 2. The van der Waals surface area contributed by atoms with Crippen LogP contribution in [0.2, 0.25) is 0 Å². The molecule has 2 N–H and O–H groups in total. The number of hydrogen-bond acceptors (Lipinski definition) is 6. The highest BCUT2D eigenvalue weighted by molar-refractivity contribution is 7.80. The van der Waals surface area contributed by atoms with Gasteiger partial charge in [0.2, 0.25) is 0 Å². The van der Waals surface area contributed by atoms with Crippen LogP contribution >= 0.6 is 23.6 Å². The Morgan fingerprint density at radius 2 is 2.00 bits per heavy atom. The van der Waals surface area contributed by atoms with Gasteiger partial charge < -0.3 is 14.8 Å². The average Bonchev–Trinajstić information content (AvgIpc) is 3.26. The summed E-state index contributed by atoms with van der Waals surface area (Å²) in [5.74, 6) is 0.202. The zero-order valence-electron chi connectivity index (χ0n) is 16.7. The number of para-hydroxylation sites is 1. The molecule has 0 unspecified atom stereocenters. The smallest absolute Gasteiger partial charge is 0.341 e. The Hall–Kier alpha value is -2.45. The highest BCUT2D eigenvalue weighted by Crippen LogP contribution is 2.39. The second-order valence-corrected chi connectivity index (χ2v) is 8.55. The van der Waals surface area contributed by atoms with E-state index in [4.69, 9.17) is 21.7 Å². The number of thiophene rings is 1. The van der Waals surface area contributed by atoms with Crippen LogP contribution in [0.5, 0.6) is 5.75 Å². The Morgan fingerprint density at radius 1 is 1.24 bits per heavy atom. The quantitative estimate of drug-likeness (QED) is 0.530. The molecule has 1 aliphatic rings. The fraction of sp³-hybridized carbons (Fsp3) is 0.381. The summed E-state index contributed by atoms with van der Waals surface area (Å²) in [7, 11) is 1.36. The third-order valence-electron chi connectivity index (χ3n) is 4.69. The van der Waals surface area contributed by atoms with Crippen molar-refractivity contribution in [3.8, 4) is 5.75 Å². The number of fused-ring (bicyclic) bond motifs is 1. The van der Waals surface area contributed by atoms with Gasteiger partial charge in [-0.3, -0.25) is 10.1 Å². The Morgan fingerprint density at radius 3 is 2.72 bits per heavy atom. The van der Waals surface area contributed by atoms with Gasteiger partial charge in [0, 0.05) is 4.88 Å². The van der Waals surface area contributed by atoms with E-state index in [-0.39, 0.29) is 23.5 Å². The standard InChI is InChI=1S/C21H24N2O4S2/c1-12(2)13-7-4-5-9-15(13)27-11-17(24)22-21(28)23-19-18(20(25)26-3)14-8-6-10-16(14)29-19/h4-5,7,9,12H,6,8,10-11H2,1-3H3,(H2,22,23,24,28). The molecule has 1 aromatic heterocycles. The summed E-state index contributed by atoms with van der Waals surface area (Å²) >= 11 is 6.74. The van der Waals surface area contributed by atoms with E-state index in [1.807, 2.05) is 24.3 Å². The number of ether oxygens (including phenoxy) is 2. The number of benzene rings is 1. The highest BCUT2D eigenvalue weighted by Gasteiger charge is 2.27. The topological polar surface area (TPSA) is 76.7 Å². The van der Waals surface area contributed by atoms with E-state index in [2.05, 4.69) is 24.5 Å². The molecular weight excluding hydrogens is 408 g/mol. The van der Waals surface area contributed by atoms with Crippen molar-refractivity contribution in [2.45, 2.75) is 39.0 Å². The van der Waals surface area contributed by atoms with Crippen LogP contribution < -0.4 is 15.4 Å². The third-order valence-corrected chi connectivity index (χ3v) is 6.10. The Bertz CT molecular complexity index is 937. The zero-order chi connectivity index (χ0) is 21.0. The van der Waals surface area contributed by atoms with Crippen LogP contribution in [0.3, 0.4) is 0 Å². The monoisotopic (exact) mass is 432 g/mol. The first-order valence-electron chi connectivity index (χ1n) is 9.46. The van der Waals surface area contributed by atoms with Crippen molar-refractivity contribution in [3.63, 3.8) is 0 Å². The first-order chi connectivity index (χ1) is 13.9. The maximum atomic E-state index is 12.3. The molecule has 1 aliphatic carbocycles. The maximum Gasteiger partial charge on any atom is 0.341 e. The highest BCUT2D eigenvalue weighted by atomic mass is 32.1. The van der Waals surface area contributed by atoms with Gasteiger partial charge in [-0.15, -0.1) is 11.3 Å². The molecule has 1 heterocycles. The van der Waals surface area contributed by atoms with Crippen molar-refractivity contribution < 1.29 is 19.1 Å². The number of esters is 1. The molecule has 0 saturated carbocycles. The predicted octanol–water partition coefficient (Wildman–Crippen LogP) is 4.04. The minimum atomic E-state index is -0.394. The molecule has 0 atom stereocenters. The van der Waals surface area contributed by atoms with Crippen molar-refractivity contribution in [2.75, 3.05) is 19.0 Å². The average molecular weight is 433 g/mol. The summed E-state index contributed by atoms with van der Waals surface area (Å²) in [5, 5.41) is 6.32. The minimum absolute atomic E-state index is 0.126. The maximum absolute atomic E-state index is 12.3. The first kappa shape index (κ1) is 21.3. The van der Waals surface area contributed by atoms with Gasteiger partial charge in [-0.1, -0.05) is 32.0 Å². The number of thiocarbonyl (C=S) groups is 1. The van der Waals surface area contributed by atoms with Gasteiger partial charge in [0.15, 0.2) is 11.7 Å². The van der Waals surface area contributed by atoms with Gasteiger partial charge in [-0.25, -0.2) is 4.79 Å². The Kier molecular flexibility index (Phi) is 6.87. The molecule has 0 spiro atoms. The summed E-state index contributed by atoms with van der Waals surface area (Å²) in [6, 6.07) is 7.64. The van der Waals surface area contributed by atoms with Crippen molar-refractivity contribution in [1.29, 1.82) is 0 Å². The van der Waals surface area contributed by atoms with Crippen LogP contribution in [0, 0.1) is 0 Å². The van der Waals surface area contributed by atoms with Crippen LogP contribution in [0.25, 0.3) is 0 Å². The molecule has 0 fully saturated rings. The lowest BCUT2D eigenvalue weighted by atomic mass is 10.0. The van der Waals surface area contributed by atoms with Crippen molar-refractivity contribution in [1.82, 2.24) is 5.32 Å². The molecule has 2 aromatic rings. The molecule has 0 aliphatic heterocycles. The van der Waals surface area contributed by atoms with Crippen molar-refractivity contribution in [3.05, 3.63) is 45.8 Å². The molecule has 0 radical (unpaired) electrons. The lowest BCUT2D eigenvalue weighted by molar-refractivity contribution is -0.121. The van der Waals surface area contributed by atoms with Gasteiger partial charge >= 0.3 is 5.97 Å². The second kappa shape index (κ2) is 9.37. The Balaban J connectivity index is 1.60. The summed E-state index contributed by atoms with van der Waals surface area (Å²) in [6.45, 7) is 3.98. The molecule has 1 aromatic carbocycles. The van der Waals surface area contributed by atoms with Crippen LogP contribution in [0.15, 0.2) is 24.3 Å². The first-order valence-corrected chi connectivity index (χ1v) is 10.7. The number of aryl methyl sites for hydroxylation is 1. The molecule has 154 valence electrons. The zero-order valence-corrected chi connectivity index (χ0v) is 18.3. The predicted molar refractivity (Wildman–Crippen MR) is 118 cm³/mol. The number of carbonyl (C=O) groups is 2. The summed E-state index contributed by atoms with van der Waals surface area (Å²) < 4.78 is 10.6. The number of anilines is 1. The summed E-state index contributed by atoms with van der Waals surface area (Å²) in [6.07, 6.45) is 2.82. The van der Waals surface area contributed by atoms with Crippen LogP contribution in [0.4, 0.5) is 5.00 Å². The number of rotatable bonds is 6. The SMILES string of the molecule is COC(=O)c1c(NC(=S)NC(=O)COc2ccccc2C(C)C)sc2c1CCC2. The largest absolute Gasteiger partial charge is 0.483 e. The summed E-state index contributed by atoms with van der Waals surface area (Å²) in [4.78, 5) is 25.6. The number of methoxy groups -OCH3 is 1. The van der Waals surface area contributed by atoms with Crippen molar-refractivity contribution >= 4 is 45.5 Å². The lowest BCUT2D eigenvalue weighted by Crippen LogP contribution is -2.37. The van der Waals surface area contributed by atoms with E-state index in [0.717, 1.165) is 35.3 Å². The van der Waals surface area contributed by atoms with Crippen LogP contribution in [-0.4, -0.2) is 30.7 Å². The number of hydrogen-bond donors (Lipinski definition) is 2. The van der Waals surface area contributed by atoms with Gasteiger partial charge in [0.05, 0.1) is 12.7 Å². The number of carbonyl (C=O) groups excluding carboxylic acids is 2. The van der Waals surface area contributed by atoms with Gasteiger partial charge in [-0.05, 0) is 54.6 Å². The van der Waals surface area contributed by atoms with Crippen molar-refractivity contribution in [2.24, 2.45) is 0 Å². The van der Waals surface area contributed by atoms with E-state index in [9.17, 15) is 9.59 Å². The molecular formula is C21H24N2O4S2. The fourth-order valence-corrected chi connectivity index (χ4v) is 4.90. The van der Waals surface area contributed by atoms with E-state index < -0.39 is 5.97 Å². The third kappa shape index (κ3) is 4.94. The van der Waals surface area contributed by atoms with Gasteiger partial charge in [0.1, 0.15) is 10.8 Å². The van der Waals surface area contributed by atoms with Crippen LogP contribution in [0.1, 0.15) is 52.5 Å².